The quantitative estimate of drug-likeness (QED) is 0.633. The van der Waals surface area contributed by atoms with E-state index in [4.69, 9.17) is 4.74 Å². The molecule has 0 amide bonds. The monoisotopic (exact) mass is 196 g/mol. The standard InChI is InChI=1S/C11H16O3/c12-8-14-11-7-2-1-4-9(11)5-3-6-10(11)13/h8-9H,1-7H2. The fraction of sp³-hybridized carbons (Fsp3) is 0.818. The molecule has 78 valence electrons. The van der Waals surface area contributed by atoms with E-state index in [1.807, 2.05) is 0 Å². The van der Waals surface area contributed by atoms with Crippen molar-refractivity contribution in [1.29, 1.82) is 0 Å². The summed E-state index contributed by atoms with van der Waals surface area (Å²) in [7, 11) is 0. The van der Waals surface area contributed by atoms with Gasteiger partial charge in [-0.2, -0.15) is 0 Å². The summed E-state index contributed by atoms with van der Waals surface area (Å²) in [5, 5.41) is 0. The molecule has 0 bridgehead atoms. The van der Waals surface area contributed by atoms with Crippen LogP contribution in [0.5, 0.6) is 0 Å². The van der Waals surface area contributed by atoms with Gasteiger partial charge in [0.25, 0.3) is 6.47 Å². The van der Waals surface area contributed by atoms with E-state index in [9.17, 15) is 9.59 Å². The number of ether oxygens (including phenoxy) is 1. The van der Waals surface area contributed by atoms with Crippen molar-refractivity contribution in [2.45, 2.75) is 50.5 Å². The first-order chi connectivity index (χ1) is 6.79. The first-order valence-corrected chi connectivity index (χ1v) is 5.44. The van der Waals surface area contributed by atoms with E-state index in [0.717, 1.165) is 32.1 Å². The first kappa shape index (κ1) is 9.69. The number of hydrogen-bond donors (Lipinski definition) is 0. The fourth-order valence-electron chi connectivity index (χ4n) is 2.99. The summed E-state index contributed by atoms with van der Waals surface area (Å²) in [6, 6.07) is 0. The summed E-state index contributed by atoms with van der Waals surface area (Å²) in [5.74, 6) is 0.447. The van der Waals surface area contributed by atoms with Crippen LogP contribution >= 0.6 is 0 Å². The molecule has 0 aromatic carbocycles. The SMILES string of the molecule is O=COC12CCCCC1CCCC2=O. The van der Waals surface area contributed by atoms with Crippen molar-refractivity contribution in [3.05, 3.63) is 0 Å². The number of ketones is 1. The van der Waals surface area contributed by atoms with Crippen LogP contribution in [0, 0.1) is 5.92 Å². The molecular weight excluding hydrogens is 180 g/mol. The Labute approximate surface area is 83.8 Å². The smallest absolute Gasteiger partial charge is 0.294 e. The first-order valence-electron chi connectivity index (χ1n) is 5.44. The number of carbonyl (C=O) groups is 2. The second kappa shape index (κ2) is 3.71. The lowest BCUT2D eigenvalue weighted by molar-refractivity contribution is -0.171. The number of carbonyl (C=O) groups excluding carboxylic acids is 2. The van der Waals surface area contributed by atoms with E-state index in [-0.39, 0.29) is 5.78 Å². The molecule has 0 N–H and O–H groups in total. The van der Waals surface area contributed by atoms with Crippen molar-refractivity contribution in [2.24, 2.45) is 5.92 Å². The summed E-state index contributed by atoms with van der Waals surface area (Å²) < 4.78 is 5.16. The van der Waals surface area contributed by atoms with Gasteiger partial charge in [0.15, 0.2) is 11.4 Å². The van der Waals surface area contributed by atoms with Gasteiger partial charge in [-0.25, -0.2) is 0 Å². The number of Topliss-reactive ketones (excluding diaryl/α,β-unsaturated/α-hetero) is 1. The van der Waals surface area contributed by atoms with Crippen LogP contribution in [0.15, 0.2) is 0 Å². The van der Waals surface area contributed by atoms with Crippen LogP contribution in [-0.2, 0) is 14.3 Å². The minimum atomic E-state index is -0.724. The van der Waals surface area contributed by atoms with Gasteiger partial charge < -0.3 is 4.74 Å². The fourth-order valence-corrected chi connectivity index (χ4v) is 2.99. The van der Waals surface area contributed by atoms with Gasteiger partial charge in [-0.1, -0.05) is 6.42 Å². The van der Waals surface area contributed by atoms with Gasteiger partial charge in [-0.15, -0.1) is 0 Å². The zero-order valence-electron chi connectivity index (χ0n) is 8.33. The molecular formula is C11H16O3. The lowest BCUT2D eigenvalue weighted by Gasteiger charge is -2.44. The van der Waals surface area contributed by atoms with Crippen molar-refractivity contribution in [3.63, 3.8) is 0 Å². The molecule has 2 unspecified atom stereocenters. The zero-order valence-corrected chi connectivity index (χ0v) is 8.33. The van der Waals surface area contributed by atoms with Gasteiger partial charge in [0.05, 0.1) is 0 Å². The highest BCUT2D eigenvalue weighted by Gasteiger charge is 2.50. The van der Waals surface area contributed by atoms with Crippen LogP contribution in [0.1, 0.15) is 44.9 Å². The molecule has 14 heavy (non-hydrogen) atoms. The molecule has 2 atom stereocenters. The highest BCUT2D eigenvalue weighted by atomic mass is 16.5. The van der Waals surface area contributed by atoms with Crippen LogP contribution in [0.2, 0.25) is 0 Å². The van der Waals surface area contributed by atoms with Gasteiger partial charge in [0, 0.05) is 12.3 Å². The van der Waals surface area contributed by atoms with Gasteiger partial charge in [0.2, 0.25) is 0 Å². The molecule has 0 radical (unpaired) electrons. The van der Waals surface area contributed by atoms with Crippen LogP contribution in [0.25, 0.3) is 0 Å². The minimum Gasteiger partial charge on any atom is -0.453 e. The van der Waals surface area contributed by atoms with Crippen LogP contribution in [-0.4, -0.2) is 17.9 Å². The van der Waals surface area contributed by atoms with E-state index in [2.05, 4.69) is 0 Å². The maximum Gasteiger partial charge on any atom is 0.294 e. The number of hydrogen-bond acceptors (Lipinski definition) is 3. The van der Waals surface area contributed by atoms with Crippen LogP contribution < -0.4 is 0 Å². The Bertz CT molecular complexity index is 247. The van der Waals surface area contributed by atoms with Crippen molar-refractivity contribution < 1.29 is 14.3 Å². The Kier molecular flexibility index (Phi) is 2.57. The minimum absolute atomic E-state index is 0.153. The van der Waals surface area contributed by atoms with E-state index in [0.29, 0.717) is 18.8 Å². The summed E-state index contributed by atoms with van der Waals surface area (Å²) in [4.78, 5) is 22.4. The zero-order chi connectivity index (χ0) is 10.0. The molecule has 2 fully saturated rings. The molecule has 2 rings (SSSR count). The Morgan fingerprint density at radius 2 is 2.07 bits per heavy atom. The topological polar surface area (TPSA) is 43.4 Å². The Hall–Kier alpha value is -0.860. The summed E-state index contributed by atoms with van der Waals surface area (Å²) in [6.07, 6.45) is 6.56. The molecule has 0 heterocycles. The van der Waals surface area contributed by atoms with Crippen LogP contribution in [0.4, 0.5) is 0 Å². The van der Waals surface area contributed by atoms with Gasteiger partial charge >= 0.3 is 0 Å². The highest BCUT2D eigenvalue weighted by molar-refractivity contribution is 5.89. The third kappa shape index (κ3) is 1.35. The highest BCUT2D eigenvalue weighted by Crippen LogP contribution is 2.43. The van der Waals surface area contributed by atoms with Gasteiger partial charge in [0.1, 0.15) is 0 Å². The van der Waals surface area contributed by atoms with E-state index in [1.165, 1.54) is 6.42 Å². The normalized spacial score (nSPS) is 37.4. The Morgan fingerprint density at radius 3 is 2.86 bits per heavy atom. The summed E-state index contributed by atoms with van der Waals surface area (Å²) >= 11 is 0. The van der Waals surface area contributed by atoms with E-state index in [1.54, 1.807) is 0 Å². The summed E-state index contributed by atoms with van der Waals surface area (Å²) in [5.41, 5.74) is -0.724. The molecule has 0 aromatic heterocycles. The molecule has 3 nitrogen and oxygen atoms in total. The molecule has 2 aliphatic carbocycles. The Morgan fingerprint density at radius 1 is 1.29 bits per heavy atom. The average molecular weight is 196 g/mol. The second-order valence-corrected chi connectivity index (χ2v) is 4.36. The largest absolute Gasteiger partial charge is 0.453 e. The van der Waals surface area contributed by atoms with E-state index < -0.39 is 5.60 Å². The lowest BCUT2D eigenvalue weighted by Crippen LogP contribution is -2.52. The molecule has 2 saturated carbocycles. The number of rotatable bonds is 2. The third-order valence-electron chi connectivity index (χ3n) is 3.70. The van der Waals surface area contributed by atoms with Crippen molar-refractivity contribution in [1.82, 2.24) is 0 Å². The van der Waals surface area contributed by atoms with E-state index >= 15 is 0 Å². The molecule has 2 aliphatic rings. The Balaban J connectivity index is 2.24. The van der Waals surface area contributed by atoms with Gasteiger partial charge in [-0.05, 0) is 32.1 Å². The average Bonchev–Trinajstić information content (AvgIpc) is 2.20. The van der Waals surface area contributed by atoms with Gasteiger partial charge in [-0.3, -0.25) is 9.59 Å². The van der Waals surface area contributed by atoms with Crippen molar-refractivity contribution >= 4 is 12.3 Å². The third-order valence-corrected chi connectivity index (χ3v) is 3.70. The molecule has 0 aliphatic heterocycles. The molecule has 0 saturated heterocycles. The van der Waals surface area contributed by atoms with Crippen LogP contribution in [0.3, 0.4) is 0 Å². The number of fused-ring (bicyclic) bond motifs is 1. The van der Waals surface area contributed by atoms with Crippen molar-refractivity contribution in [2.75, 3.05) is 0 Å². The molecule has 3 heteroatoms. The predicted octanol–water partition coefficient (Wildman–Crippen LogP) is 1.84. The lowest BCUT2D eigenvalue weighted by atomic mass is 9.66. The van der Waals surface area contributed by atoms with Crippen molar-refractivity contribution in [3.8, 4) is 0 Å². The second-order valence-electron chi connectivity index (χ2n) is 4.36. The predicted molar refractivity (Wildman–Crippen MR) is 50.7 cm³/mol. The maximum absolute atomic E-state index is 11.9. The summed E-state index contributed by atoms with van der Waals surface area (Å²) in [6.45, 7) is 0.460. The maximum atomic E-state index is 11.9. The molecule has 0 aromatic rings. The molecule has 0 spiro atoms.